The number of aryl methyl sites for hydroxylation is 1. The van der Waals surface area contributed by atoms with Gasteiger partial charge in [0.05, 0.1) is 13.7 Å². The summed E-state index contributed by atoms with van der Waals surface area (Å²) in [7, 11) is 3.45. The van der Waals surface area contributed by atoms with Crippen molar-refractivity contribution in [1.82, 2.24) is 4.90 Å². The Morgan fingerprint density at radius 2 is 1.88 bits per heavy atom. The Bertz CT molecular complexity index is 736. The molecule has 140 valence electrons. The Hall–Kier alpha value is -2.67. The molecule has 0 aliphatic carbocycles. The van der Waals surface area contributed by atoms with Gasteiger partial charge in [0.15, 0.2) is 0 Å². The van der Waals surface area contributed by atoms with E-state index in [-0.39, 0.29) is 18.2 Å². The highest BCUT2D eigenvalue weighted by Crippen LogP contribution is 2.21. The molecule has 0 heterocycles. The molecule has 0 saturated carbocycles. The van der Waals surface area contributed by atoms with E-state index in [1.165, 1.54) is 24.3 Å². The quantitative estimate of drug-likeness (QED) is 0.776. The molecule has 0 spiro atoms. The van der Waals surface area contributed by atoms with Crippen molar-refractivity contribution in [1.29, 1.82) is 0 Å². The molecule has 0 bridgehead atoms. The van der Waals surface area contributed by atoms with Gasteiger partial charge in [-0.25, -0.2) is 0 Å². The van der Waals surface area contributed by atoms with Crippen LogP contribution in [0.15, 0.2) is 42.5 Å². The van der Waals surface area contributed by atoms with Crippen LogP contribution in [0.4, 0.5) is 14.5 Å². The zero-order valence-electron chi connectivity index (χ0n) is 15.0. The average Bonchev–Trinajstić information content (AvgIpc) is 2.56. The van der Waals surface area contributed by atoms with E-state index in [1.54, 1.807) is 7.11 Å². The molecule has 2 aromatic rings. The van der Waals surface area contributed by atoms with Crippen LogP contribution in [0.5, 0.6) is 11.5 Å². The maximum Gasteiger partial charge on any atom is 0.387 e. The van der Waals surface area contributed by atoms with Crippen LogP contribution in [0.3, 0.4) is 0 Å². The number of nitrogens with one attached hydrogen (secondary N) is 1. The summed E-state index contributed by atoms with van der Waals surface area (Å²) in [6, 6.07) is 11.7. The zero-order chi connectivity index (χ0) is 19.1. The van der Waals surface area contributed by atoms with Crippen LogP contribution < -0.4 is 14.8 Å². The van der Waals surface area contributed by atoms with Gasteiger partial charge in [-0.2, -0.15) is 8.78 Å². The maximum absolute atomic E-state index is 12.2. The van der Waals surface area contributed by atoms with Gasteiger partial charge in [-0.15, -0.1) is 0 Å². The number of halogens is 2. The highest BCUT2D eigenvalue weighted by atomic mass is 19.3. The molecule has 2 aromatic carbocycles. The number of hydrogen-bond donors (Lipinski definition) is 1. The van der Waals surface area contributed by atoms with Gasteiger partial charge in [0.1, 0.15) is 11.5 Å². The van der Waals surface area contributed by atoms with Gasteiger partial charge in [-0.05, 0) is 44.3 Å². The van der Waals surface area contributed by atoms with Crippen molar-refractivity contribution in [2.24, 2.45) is 0 Å². The van der Waals surface area contributed by atoms with Gasteiger partial charge >= 0.3 is 6.61 Å². The summed E-state index contributed by atoms with van der Waals surface area (Å²) in [4.78, 5) is 14.0. The smallest absolute Gasteiger partial charge is 0.387 e. The molecule has 0 atom stereocenters. The van der Waals surface area contributed by atoms with Crippen molar-refractivity contribution in [2.45, 2.75) is 20.1 Å². The minimum absolute atomic E-state index is 0.0432. The number of anilines is 1. The summed E-state index contributed by atoms with van der Waals surface area (Å²) < 4.78 is 33.9. The Morgan fingerprint density at radius 3 is 2.50 bits per heavy atom. The Labute approximate surface area is 151 Å². The number of nitrogens with zero attached hydrogens (tertiary/aromatic N) is 1. The van der Waals surface area contributed by atoms with Crippen LogP contribution in [0.2, 0.25) is 0 Å². The predicted molar refractivity (Wildman–Crippen MR) is 95.8 cm³/mol. The second-order valence-electron chi connectivity index (χ2n) is 5.94. The van der Waals surface area contributed by atoms with E-state index in [0.717, 1.165) is 16.9 Å². The standard InChI is InChI=1S/C19H22F2N2O3/c1-13-4-9-17(25-3)14(10-13)11-23(2)12-18(24)22-15-5-7-16(8-6-15)26-19(20)21/h4-10,19H,11-12H2,1-3H3,(H,22,24). The van der Waals surface area contributed by atoms with Crippen LogP contribution in [-0.4, -0.2) is 38.1 Å². The van der Waals surface area contributed by atoms with Gasteiger partial charge < -0.3 is 14.8 Å². The van der Waals surface area contributed by atoms with E-state index in [4.69, 9.17) is 4.74 Å². The number of hydrogen-bond acceptors (Lipinski definition) is 4. The van der Waals surface area contributed by atoms with Gasteiger partial charge in [-0.1, -0.05) is 17.7 Å². The van der Waals surface area contributed by atoms with Gasteiger partial charge in [0, 0.05) is 17.8 Å². The van der Waals surface area contributed by atoms with Crippen molar-refractivity contribution >= 4 is 11.6 Å². The summed E-state index contributed by atoms with van der Waals surface area (Å²) in [5.41, 5.74) is 2.62. The molecule has 2 rings (SSSR count). The fraction of sp³-hybridized carbons (Fsp3) is 0.316. The molecular weight excluding hydrogens is 342 g/mol. The second kappa shape index (κ2) is 9.15. The third kappa shape index (κ3) is 6.00. The number of carbonyl (C=O) groups is 1. The number of alkyl halides is 2. The maximum atomic E-state index is 12.2. The lowest BCUT2D eigenvalue weighted by molar-refractivity contribution is -0.117. The predicted octanol–water partition coefficient (Wildman–Crippen LogP) is 3.68. The molecule has 1 amide bonds. The van der Waals surface area contributed by atoms with E-state index in [2.05, 4.69) is 10.1 Å². The number of benzene rings is 2. The minimum Gasteiger partial charge on any atom is -0.496 e. The molecule has 0 aliphatic rings. The highest BCUT2D eigenvalue weighted by Gasteiger charge is 2.11. The van der Waals surface area contributed by atoms with Crippen LogP contribution in [0, 0.1) is 6.92 Å². The molecule has 0 aliphatic heterocycles. The molecule has 5 nitrogen and oxygen atoms in total. The summed E-state index contributed by atoms with van der Waals surface area (Å²) in [6.45, 7) is -0.147. The first kappa shape index (κ1) is 19.7. The molecule has 0 fully saturated rings. The number of methoxy groups -OCH3 is 1. The van der Waals surface area contributed by atoms with E-state index in [0.29, 0.717) is 12.2 Å². The number of carbonyl (C=O) groups excluding carboxylic acids is 1. The lowest BCUT2D eigenvalue weighted by atomic mass is 10.1. The monoisotopic (exact) mass is 364 g/mol. The molecule has 7 heteroatoms. The Kier molecular flexibility index (Phi) is 6.91. The zero-order valence-corrected chi connectivity index (χ0v) is 15.0. The lowest BCUT2D eigenvalue weighted by Gasteiger charge is -2.18. The number of amides is 1. The molecule has 26 heavy (non-hydrogen) atoms. The van der Waals surface area contributed by atoms with Gasteiger partial charge in [0.2, 0.25) is 5.91 Å². The van der Waals surface area contributed by atoms with Gasteiger partial charge in [-0.3, -0.25) is 9.69 Å². The Morgan fingerprint density at radius 1 is 1.19 bits per heavy atom. The summed E-state index contributed by atoms with van der Waals surface area (Å²) in [6.07, 6.45) is 0. The topological polar surface area (TPSA) is 50.8 Å². The van der Waals surface area contributed by atoms with Gasteiger partial charge in [0.25, 0.3) is 0 Å². The van der Waals surface area contributed by atoms with Crippen LogP contribution in [0.25, 0.3) is 0 Å². The molecule has 0 aromatic heterocycles. The van der Waals surface area contributed by atoms with Crippen molar-refractivity contribution in [2.75, 3.05) is 26.0 Å². The first-order valence-electron chi connectivity index (χ1n) is 8.04. The average molecular weight is 364 g/mol. The first-order valence-corrected chi connectivity index (χ1v) is 8.04. The van der Waals surface area contributed by atoms with Crippen LogP contribution in [-0.2, 0) is 11.3 Å². The third-order valence-electron chi connectivity index (χ3n) is 3.65. The minimum atomic E-state index is -2.87. The van der Waals surface area contributed by atoms with Crippen molar-refractivity contribution in [3.8, 4) is 11.5 Å². The van der Waals surface area contributed by atoms with E-state index >= 15 is 0 Å². The van der Waals surface area contributed by atoms with Crippen molar-refractivity contribution < 1.29 is 23.0 Å². The SMILES string of the molecule is COc1ccc(C)cc1CN(C)CC(=O)Nc1ccc(OC(F)F)cc1. The van der Waals surface area contributed by atoms with Crippen molar-refractivity contribution in [3.63, 3.8) is 0 Å². The fourth-order valence-corrected chi connectivity index (χ4v) is 2.54. The van der Waals surface area contributed by atoms with E-state index < -0.39 is 6.61 Å². The molecular formula is C19H22F2N2O3. The summed E-state index contributed by atoms with van der Waals surface area (Å²) >= 11 is 0. The van der Waals surface area contributed by atoms with E-state index in [9.17, 15) is 13.6 Å². The third-order valence-corrected chi connectivity index (χ3v) is 3.65. The summed E-state index contributed by atoms with van der Waals surface area (Å²) in [5.74, 6) is 0.612. The fourth-order valence-electron chi connectivity index (χ4n) is 2.54. The number of rotatable bonds is 8. The Balaban J connectivity index is 1.90. The lowest BCUT2D eigenvalue weighted by Crippen LogP contribution is -2.30. The molecule has 0 radical (unpaired) electrons. The summed E-state index contributed by atoms with van der Waals surface area (Å²) in [5, 5.41) is 2.72. The highest BCUT2D eigenvalue weighted by molar-refractivity contribution is 5.92. The second-order valence-corrected chi connectivity index (χ2v) is 5.94. The largest absolute Gasteiger partial charge is 0.496 e. The number of ether oxygens (including phenoxy) is 2. The molecule has 1 N–H and O–H groups in total. The van der Waals surface area contributed by atoms with Crippen molar-refractivity contribution in [3.05, 3.63) is 53.6 Å². The molecule has 0 saturated heterocycles. The normalized spacial score (nSPS) is 10.9. The number of likely N-dealkylation sites (N-methyl/N-ethyl adjacent to an activating group) is 1. The van der Waals surface area contributed by atoms with Crippen LogP contribution in [0.1, 0.15) is 11.1 Å². The first-order chi connectivity index (χ1) is 12.4. The molecule has 0 unspecified atom stereocenters. The van der Waals surface area contributed by atoms with Crippen LogP contribution >= 0.6 is 0 Å². The van der Waals surface area contributed by atoms with E-state index in [1.807, 2.05) is 37.1 Å².